The average Bonchev–Trinajstić information content (AvgIpc) is 3.03. The molecule has 2 N–H and O–H groups in total. The molecule has 0 saturated heterocycles. The summed E-state index contributed by atoms with van der Waals surface area (Å²) in [7, 11) is 3.60. The van der Waals surface area contributed by atoms with Crippen LogP contribution in [0.5, 0.6) is 0 Å². The van der Waals surface area contributed by atoms with Crippen LogP contribution in [0.4, 0.5) is 5.69 Å². The molecule has 1 aromatic carbocycles. The fourth-order valence-electron chi connectivity index (χ4n) is 2.28. The number of benzene rings is 1. The summed E-state index contributed by atoms with van der Waals surface area (Å²) in [5.41, 5.74) is 9.90. The molecule has 0 amide bonds. The minimum atomic E-state index is 0.636. The number of anilines is 1. The second-order valence-electron chi connectivity index (χ2n) is 4.75. The van der Waals surface area contributed by atoms with Gasteiger partial charge in [0.1, 0.15) is 0 Å². The van der Waals surface area contributed by atoms with Crippen LogP contribution in [0.15, 0.2) is 30.7 Å². The summed E-state index contributed by atoms with van der Waals surface area (Å²) < 4.78 is 8.74. The van der Waals surface area contributed by atoms with E-state index in [-0.39, 0.29) is 0 Å². The summed E-state index contributed by atoms with van der Waals surface area (Å²) in [5.74, 6) is 0. The molecule has 0 aliphatic heterocycles. The molecule has 3 rings (SSSR count). The van der Waals surface area contributed by atoms with Gasteiger partial charge < -0.3 is 10.5 Å². The standard InChI is InChI=1S/C14H17N5O/c1-18-14-6-12(13(15)5-10(14)7-16-18)11-8-17-19(9-11)3-4-20-2/h5-9H,3-4,15H2,1-2H3. The molecular formula is C14H17N5O. The maximum Gasteiger partial charge on any atom is 0.0686 e. The van der Waals surface area contributed by atoms with Gasteiger partial charge in [-0.2, -0.15) is 10.2 Å². The maximum atomic E-state index is 6.14. The second-order valence-corrected chi connectivity index (χ2v) is 4.75. The van der Waals surface area contributed by atoms with E-state index in [2.05, 4.69) is 16.3 Å². The third-order valence-electron chi connectivity index (χ3n) is 3.39. The molecule has 0 spiro atoms. The molecule has 20 heavy (non-hydrogen) atoms. The van der Waals surface area contributed by atoms with Crippen LogP contribution in [-0.2, 0) is 18.3 Å². The van der Waals surface area contributed by atoms with E-state index in [4.69, 9.17) is 10.5 Å². The Morgan fingerprint density at radius 1 is 1.25 bits per heavy atom. The van der Waals surface area contributed by atoms with Crippen molar-refractivity contribution in [2.75, 3.05) is 19.5 Å². The predicted octanol–water partition coefficient (Wildman–Crippen LogP) is 1.67. The van der Waals surface area contributed by atoms with Gasteiger partial charge in [-0.3, -0.25) is 9.36 Å². The highest BCUT2D eigenvalue weighted by molar-refractivity contribution is 5.91. The van der Waals surface area contributed by atoms with E-state index < -0.39 is 0 Å². The van der Waals surface area contributed by atoms with Crippen LogP contribution in [0.3, 0.4) is 0 Å². The first-order valence-corrected chi connectivity index (χ1v) is 6.42. The Labute approximate surface area is 116 Å². The van der Waals surface area contributed by atoms with Crippen molar-refractivity contribution in [3.63, 3.8) is 0 Å². The number of nitrogens with zero attached hydrogens (tertiary/aromatic N) is 4. The zero-order valence-electron chi connectivity index (χ0n) is 11.6. The lowest BCUT2D eigenvalue weighted by atomic mass is 10.1. The summed E-state index contributed by atoms with van der Waals surface area (Å²) in [6, 6.07) is 4.00. The second kappa shape index (κ2) is 4.97. The minimum absolute atomic E-state index is 0.636. The quantitative estimate of drug-likeness (QED) is 0.733. The van der Waals surface area contributed by atoms with Gasteiger partial charge in [-0.25, -0.2) is 0 Å². The molecule has 104 valence electrons. The van der Waals surface area contributed by atoms with Gasteiger partial charge in [-0.1, -0.05) is 0 Å². The van der Waals surface area contributed by atoms with Crippen LogP contribution in [0, 0.1) is 0 Å². The van der Waals surface area contributed by atoms with Crippen molar-refractivity contribution >= 4 is 16.6 Å². The van der Waals surface area contributed by atoms with Crippen LogP contribution in [0.2, 0.25) is 0 Å². The van der Waals surface area contributed by atoms with Gasteiger partial charge in [0.25, 0.3) is 0 Å². The Hall–Kier alpha value is -2.34. The van der Waals surface area contributed by atoms with Crippen LogP contribution in [-0.4, -0.2) is 33.3 Å². The highest BCUT2D eigenvalue weighted by Gasteiger charge is 2.09. The lowest BCUT2D eigenvalue weighted by molar-refractivity contribution is 0.183. The first-order valence-electron chi connectivity index (χ1n) is 6.42. The fraction of sp³-hybridized carbons (Fsp3) is 0.286. The van der Waals surface area contributed by atoms with Gasteiger partial charge in [0.2, 0.25) is 0 Å². The van der Waals surface area contributed by atoms with Crippen molar-refractivity contribution in [3.05, 3.63) is 30.7 Å². The number of methoxy groups -OCH3 is 1. The molecule has 0 saturated carbocycles. The Morgan fingerprint density at radius 2 is 2.10 bits per heavy atom. The summed E-state index contributed by atoms with van der Waals surface area (Å²) in [6.07, 6.45) is 5.62. The monoisotopic (exact) mass is 271 g/mol. The number of hydrogen-bond donors (Lipinski definition) is 1. The Kier molecular flexibility index (Phi) is 3.15. The van der Waals surface area contributed by atoms with Crippen molar-refractivity contribution < 1.29 is 4.74 Å². The van der Waals surface area contributed by atoms with E-state index in [1.807, 2.05) is 41.1 Å². The summed E-state index contributed by atoms with van der Waals surface area (Å²) in [4.78, 5) is 0. The lowest BCUT2D eigenvalue weighted by Gasteiger charge is -2.04. The molecular weight excluding hydrogens is 254 g/mol. The largest absolute Gasteiger partial charge is 0.398 e. The molecule has 0 aliphatic carbocycles. The van der Waals surface area contributed by atoms with Crippen LogP contribution < -0.4 is 5.73 Å². The van der Waals surface area contributed by atoms with Gasteiger partial charge in [-0.15, -0.1) is 0 Å². The van der Waals surface area contributed by atoms with Crippen molar-refractivity contribution in [2.24, 2.45) is 7.05 Å². The minimum Gasteiger partial charge on any atom is -0.398 e. The van der Waals surface area contributed by atoms with E-state index in [1.165, 1.54) is 0 Å². The van der Waals surface area contributed by atoms with Crippen molar-refractivity contribution in [1.82, 2.24) is 19.6 Å². The highest BCUT2D eigenvalue weighted by atomic mass is 16.5. The SMILES string of the molecule is COCCn1cc(-c2cc3c(cnn3C)cc2N)cn1. The zero-order valence-corrected chi connectivity index (χ0v) is 11.6. The lowest BCUT2D eigenvalue weighted by Crippen LogP contribution is -2.03. The predicted molar refractivity (Wildman–Crippen MR) is 78.2 cm³/mol. The van der Waals surface area contributed by atoms with Gasteiger partial charge in [0.15, 0.2) is 0 Å². The number of nitrogens with two attached hydrogens (primary N) is 1. The van der Waals surface area contributed by atoms with Crippen LogP contribution >= 0.6 is 0 Å². The topological polar surface area (TPSA) is 70.9 Å². The third kappa shape index (κ3) is 2.14. The molecule has 0 aliphatic rings. The molecule has 3 aromatic rings. The molecule has 6 nitrogen and oxygen atoms in total. The number of aromatic nitrogens is 4. The highest BCUT2D eigenvalue weighted by Crippen LogP contribution is 2.30. The molecule has 2 heterocycles. The van der Waals surface area contributed by atoms with Crippen molar-refractivity contribution in [2.45, 2.75) is 6.54 Å². The summed E-state index contributed by atoms with van der Waals surface area (Å²) in [5, 5.41) is 9.60. The molecule has 0 unspecified atom stereocenters. The van der Waals surface area contributed by atoms with E-state index in [9.17, 15) is 0 Å². The Bertz CT molecular complexity index is 743. The molecule has 0 radical (unpaired) electrons. The normalized spacial score (nSPS) is 11.3. The number of fused-ring (bicyclic) bond motifs is 1. The Balaban J connectivity index is 2.02. The van der Waals surface area contributed by atoms with E-state index in [0.29, 0.717) is 6.61 Å². The number of ether oxygens (including phenoxy) is 1. The van der Waals surface area contributed by atoms with Crippen molar-refractivity contribution in [3.8, 4) is 11.1 Å². The van der Waals surface area contributed by atoms with Crippen molar-refractivity contribution in [1.29, 1.82) is 0 Å². The van der Waals surface area contributed by atoms with E-state index in [0.717, 1.165) is 34.3 Å². The van der Waals surface area contributed by atoms with E-state index >= 15 is 0 Å². The summed E-state index contributed by atoms with van der Waals surface area (Å²) >= 11 is 0. The fourth-order valence-corrected chi connectivity index (χ4v) is 2.28. The summed E-state index contributed by atoms with van der Waals surface area (Å²) in [6.45, 7) is 1.36. The van der Waals surface area contributed by atoms with Gasteiger partial charge >= 0.3 is 0 Å². The maximum absolute atomic E-state index is 6.14. The Morgan fingerprint density at radius 3 is 2.90 bits per heavy atom. The molecule has 0 fully saturated rings. The smallest absolute Gasteiger partial charge is 0.0686 e. The molecule has 6 heteroatoms. The average molecular weight is 271 g/mol. The van der Waals surface area contributed by atoms with Gasteiger partial charge in [0.05, 0.1) is 31.1 Å². The molecule has 0 atom stereocenters. The third-order valence-corrected chi connectivity index (χ3v) is 3.39. The van der Waals surface area contributed by atoms with Crippen LogP contribution in [0.25, 0.3) is 22.0 Å². The first kappa shape index (κ1) is 12.7. The molecule has 2 aromatic heterocycles. The number of rotatable bonds is 4. The van der Waals surface area contributed by atoms with E-state index in [1.54, 1.807) is 7.11 Å². The zero-order chi connectivity index (χ0) is 14.1. The first-order chi connectivity index (χ1) is 9.69. The number of hydrogen-bond acceptors (Lipinski definition) is 4. The molecule has 0 bridgehead atoms. The number of aryl methyl sites for hydroxylation is 1. The van der Waals surface area contributed by atoms with Gasteiger partial charge in [-0.05, 0) is 12.1 Å². The van der Waals surface area contributed by atoms with Gasteiger partial charge in [0, 0.05) is 42.6 Å². The van der Waals surface area contributed by atoms with Crippen LogP contribution in [0.1, 0.15) is 0 Å². The number of nitrogen functional groups attached to an aromatic ring is 1.